The van der Waals surface area contributed by atoms with Gasteiger partial charge in [-0.2, -0.15) is 0 Å². The van der Waals surface area contributed by atoms with Crippen LogP contribution in [0.4, 0.5) is 5.69 Å². The molecule has 0 radical (unpaired) electrons. The maximum atomic E-state index is 12.1. The molecule has 0 amide bonds. The van der Waals surface area contributed by atoms with E-state index in [-0.39, 0.29) is 11.5 Å². The fraction of sp³-hybridized carbons (Fsp3) is 0.133. The first-order valence-corrected chi connectivity index (χ1v) is 6.08. The highest BCUT2D eigenvalue weighted by Gasteiger charge is 2.17. The second-order valence-electron chi connectivity index (χ2n) is 4.24. The molecule has 5 nitrogen and oxygen atoms in total. The lowest BCUT2D eigenvalue weighted by Crippen LogP contribution is -2.23. The average Bonchev–Trinajstić information content (AvgIpc) is 2.47. The van der Waals surface area contributed by atoms with Crippen LogP contribution in [0.3, 0.4) is 0 Å². The van der Waals surface area contributed by atoms with E-state index in [1.54, 1.807) is 37.3 Å². The van der Waals surface area contributed by atoms with Gasteiger partial charge in [0, 0.05) is 11.6 Å². The normalized spacial score (nSPS) is 11.7. The monoisotopic (exact) mass is 271 g/mol. The molecule has 0 saturated heterocycles. The molecule has 2 aromatic carbocycles. The molecular formula is C15H13NO4. The van der Waals surface area contributed by atoms with E-state index in [0.717, 1.165) is 0 Å². The third-order valence-corrected chi connectivity index (χ3v) is 2.77. The van der Waals surface area contributed by atoms with E-state index in [9.17, 15) is 14.9 Å². The van der Waals surface area contributed by atoms with Crippen LogP contribution in [0, 0.1) is 10.1 Å². The lowest BCUT2D eigenvalue weighted by atomic mass is 10.1. The Labute approximate surface area is 116 Å². The number of rotatable bonds is 5. The third-order valence-electron chi connectivity index (χ3n) is 2.77. The highest BCUT2D eigenvalue weighted by Crippen LogP contribution is 2.21. The molecule has 1 unspecified atom stereocenters. The summed E-state index contributed by atoms with van der Waals surface area (Å²) in [6.45, 7) is 1.62. The molecule has 5 heteroatoms. The summed E-state index contributed by atoms with van der Waals surface area (Å²) < 4.78 is 5.47. The first kappa shape index (κ1) is 13.7. The van der Waals surface area contributed by atoms with E-state index in [4.69, 9.17) is 4.74 Å². The number of Topliss-reactive ketones (excluding diaryl/α,β-unsaturated/α-hetero) is 1. The van der Waals surface area contributed by atoms with Crippen LogP contribution in [-0.4, -0.2) is 16.8 Å². The van der Waals surface area contributed by atoms with Crippen molar-refractivity contribution >= 4 is 11.5 Å². The summed E-state index contributed by atoms with van der Waals surface area (Å²) in [6.07, 6.45) is -0.709. The minimum Gasteiger partial charge on any atom is -0.482 e. The van der Waals surface area contributed by atoms with E-state index < -0.39 is 11.0 Å². The largest absolute Gasteiger partial charge is 0.482 e. The van der Waals surface area contributed by atoms with Crippen LogP contribution in [0.5, 0.6) is 5.75 Å². The van der Waals surface area contributed by atoms with E-state index in [2.05, 4.69) is 0 Å². The number of ether oxygens (including phenoxy) is 1. The zero-order valence-electron chi connectivity index (χ0n) is 10.9. The van der Waals surface area contributed by atoms with Gasteiger partial charge in [-0.3, -0.25) is 14.9 Å². The van der Waals surface area contributed by atoms with Gasteiger partial charge in [-0.05, 0) is 13.0 Å². The SMILES string of the molecule is CC(Oc1cccc([N+](=O)[O-])c1)C(=O)c1ccccc1. The zero-order chi connectivity index (χ0) is 14.5. The number of nitrogens with zero attached hydrogens (tertiary/aromatic N) is 1. The maximum Gasteiger partial charge on any atom is 0.273 e. The fourth-order valence-electron chi connectivity index (χ4n) is 1.77. The van der Waals surface area contributed by atoms with Gasteiger partial charge in [-0.1, -0.05) is 36.4 Å². The van der Waals surface area contributed by atoms with Crippen LogP contribution in [0.1, 0.15) is 17.3 Å². The van der Waals surface area contributed by atoms with E-state index in [0.29, 0.717) is 11.3 Å². The van der Waals surface area contributed by atoms with Crippen LogP contribution in [-0.2, 0) is 0 Å². The van der Waals surface area contributed by atoms with Crippen molar-refractivity contribution in [3.05, 3.63) is 70.3 Å². The molecule has 0 aromatic heterocycles. The number of carbonyl (C=O) groups is 1. The second kappa shape index (κ2) is 5.97. The van der Waals surface area contributed by atoms with Gasteiger partial charge in [0.25, 0.3) is 5.69 Å². The summed E-state index contributed by atoms with van der Waals surface area (Å²) in [5.41, 5.74) is 0.479. The third kappa shape index (κ3) is 3.20. The molecule has 1 atom stereocenters. The Hall–Kier alpha value is -2.69. The Morgan fingerprint density at radius 2 is 1.85 bits per heavy atom. The fourth-order valence-corrected chi connectivity index (χ4v) is 1.77. The van der Waals surface area contributed by atoms with Crippen molar-refractivity contribution in [2.24, 2.45) is 0 Å². The highest BCUT2D eigenvalue weighted by atomic mass is 16.6. The molecule has 0 aliphatic carbocycles. The molecule has 0 aliphatic heterocycles. The number of ketones is 1. The van der Waals surface area contributed by atoms with Crippen LogP contribution in [0.15, 0.2) is 54.6 Å². The van der Waals surface area contributed by atoms with Crippen molar-refractivity contribution in [1.29, 1.82) is 0 Å². The molecule has 0 bridgehead atoms. The Morgan fingerprint density at radius 3 is 2.50 bits per heavy atom. The number of nitro benzene ring substituents is 1. The van der Waals surface area contributed by atoms with Gasteiger partial charge in [0.05, 0.1) is 11.0 Å². The van der Waals surface area contributed by atoms with Gasteiger partial charge >= 0.3 is 0 Å². The van der Waals surface area contributed by atoms with Gasteiger partial charge in [-0.15, -0.1) is 0 Å². The molecule has 0 fully saturated rings. The number of carbonyl (C=O) groups excluding carboxylic acids is 1. The van der Waals surface area contributed by atoms with Crippen molar-refractivity contribution in [1.82, 2.24) is 0 Å². The number of hydrogen-bond donors (Lipinski definition) is 0. The van der Waals surface area contributed by atoms with Crippen LogP contribution < -0.4 is 4.74 Å². The van der Waals surface area contributed by atoms with Crippen molar-refractivity contribution in [3.63, 3.8) is 0 Å². The van der Waals surface area contributed by atoms with Gasteiger partial charge < -0.3 is 4.74 Å². The molecular weight excluding hydrogens is 258 g/mol. The van der Waals surface area contributed by atoms with Crippen LogP contribution >= 0.6 is 0 Å². The average molecular weight is 271 g/mol. The van der Waals surface area contributed by atoms with E-state index in [1.807, 2.05) is 6.07 Å². The van der Waals surface area contributed by atoms with Gasteiger partial charge in [-0.25, -0.2) is 0 Å². The molecule has 0 aliphatic rings. The smallest absolute Gasteiger partial charge is 0.273 e. The van der Waals surface area contributed by atoms with Gasteiger partial charge in [0.1, 0.15) is 5.75 Å². The van der Waals surface area contributed by atoms with Crippen LogP contribution in [0.25, 0.3) is 0 Å². The van der Waals surface area contributed by atoms with Crippen molar-refractivity contribution in [2.45, 2.75) is 13.0 Å². The Balaban J connectivity index is 2.12. The number of nitro groups is 1. The summed E-state index contributed by atoms with van der Waals surface area (Å²) in [5, 5.41) is 10.7. The zero-order valence-corrected chi connectivity index (χ0v) is 10.9. The molecule has 0 N–H and O–H groups in total. The maximum absolute atomic E-state index is 12.1. The van der Waals surface area contributed by atoms with Gasteiger partial charge in [0.2, 0.25) is 5.78 Å². The van der Waals surface area contributed by atoms with Crippen LogP contribution in [0.2, 0.25) is 0 Å². The van der Waals surface area contributed by atoms with E-state index in [1.165, 1.54) is 18.2 Å². The summed E-state index contributed by atoms with van der Waals surface area (Å²) in [4.78, 5) is 22.3. The number of non-ortho nitro benzene ring substituents is 1. The molecule has 0 spiro atoms. The van der Waals surface area contributed by atoms with Gasteiger partial charge in [0.15, 0.2) is 6.10 Å². The topological polar surface area (TPSA) is 69.4 Å². The standard InChI is InChI=1S/C15H13NO4/c1-11(15(17)12-6-3-2-4-7-12)20-14-9-5-8-13(10-14)16(18)19/h2-11H,1H3. The summed E-state index contributed by atoms with van der Waals surface area (Å²) in [5.74, 6) is 0.132. The summed E-state index contributed by atoms with van der Waals surface area (Å²) in [7, 11) is 0. The second-order valence-corrected chi connectivity index (χ2v) is 4.24. The van der Waals surface area contributed by atoms with E-state index >= 15 is 0 Å². The molecule has 102 valence electrons. The predicted octanol–water partition coefficient (Wildman–Crippen LogP) is 3.25. The van der Waals surface area contributed by atoms with Crippen molar-refractivity contribution in [3.8, 4) is 5.75 Å². The number of benzene rings is 2. The number of hydrogen-bond acceptors (Lipinski definition) is 4. The van der Waals surface area contributed by atoms with Crippen molar-refractivity contribution in [2.75, 3.05) is 0 Å². The molecule has 0 heterocycles. The first-order chi connectivity index (χ1) is 9.58. The molecule has 2 aromatic rings. The minimum absolute atomic E-state index is 0.0677. The summed E-state index contributed by atoms with van der Waals surface area (Å²) >= 11 is 0. The first-order valence-electron chi connectivity index (χ1n) is 6.08. The highest BCUT2D eigenvalue weighted by molar-refractivity contribution is 5.99. The summed E-state index contributed by atoms with van der Waals surface area (Å²) in [6, 6.07) is 14.6. The minimum atomic E-state index is -0.709. The predicted molar refractivity (Wildman–Crippen MR) is 74.0 cm³/mol. The molecule has 20 heavy (non-hydrogen) atoms. The Bertz CT molecular complexity index is 625. The quantitative estimate of drug-likeness (QED) is 0.475. The Kier molecular flexibility index (Phi) is 4.10. The molecule has 2 rings (SSSR count). The van der Waals surface area contributed by atoms with Crippen molar-refractivity contribution < 1.29 is 14.5 Å². The Morgan fingerprint density at radius 1 is 1.15 bits per heavy atom. The lowest BCUT2D eigenvalue weighted by Gasteiger charge is -2.13. The molecule has 0 saturated carbocycles. The lowest BCUT2D eigenvalue weighted by molar-refractivity contribution is -0.384.